The highest BCUT2D eigenvalue weighted by atomic mass is 35.5. The van der Waals surface area contributed by atoms with Crippen molar-refractivity contribution in [1.82, 2.24) is 10.3 Å². The molecule has 0 bridgehead atoms. The molecule has 36 heavy (non-hydrogen) atoms. The summed E-state index contributed by atoms with van der Waals surface area (Å²) in [5.41, 5.74) is 2.19. The van der Waals surface area contributed by atoms with Gasteiger partial charge in [0.1, 0.15) is 17.6 Å². The van der Waals surface area contributed by atoms with Crippen LogP contribution in [-0.4, -0.2) is 28.0 Å². The molecule has 8 nitrogen and oxygen atoms in total. The Hall–Kier alpha value is -4.08. The number of carboxylic acids is 1. The average molecular weight is 520 g/mol. The number of nitrogens with one attached hydrogen (secondary N) is 1. The van der Waals surface area contributed by atoms with Gasteiger partial charge in [-0.05, 0) is 66.8 Å². The van der Waals surface area contributed by atoms with E-state index in [1.54, 1.807) is 18.3 Å². The van der Waals surface area contributed by atoms with Gasteiger partial charge in [0.05, 0.1) is 22.3 Å². The molecular formula is C26H18ClN3O5S. The lowest BCUT2D eigenvalue weighted by molar-refractivity contribution is 0.0697. The first kappa shape index (κ1) is 22.4. The molecule has 4 heterocycles. The molecule has 2 N–H and O–H groups in total. The van der Waals surface area contributed by atoms with Gasteiger partial charge in [0, 0.05) is 23.5 Å². The number of hydrogen-bond donors (Lipinski definition) is 2. The van der Waals surface area contributed by atoms with Crippen molar-refractivity contribution in [3.8, 4) is 22.8 Å². The Labute approximate surface area is 216 Å². The molecule has 180 valence electrons. The monoisotopic (exact) mass is 519 g/mol. The molecule has 1 fully saturated rings. The van der Waals surface area contributed by atoms with Crippen LogP contribution in [0.1, 0.15) is 33.9 Å². The summed E-state index contributed by atoms with van der Waals surface area (Å²) in [6.07, 6.45) is 1.73. The van der Waals surface area contributed by atoms with Gasteiger partial charge in [-0.3, -0.25) is 4.98 Å². The molecule has 1 saturated heterocycles. The van der Waals surface area contributed by atoms with Gasteiger partial charge >= 0.3 is 5.97 Å². The molecule has 0 aliphatic carbocycles. The van der Waals surface area contributed by atoms with Crippen LogP contribution in [0.25, 0.3) is 11.3 Å². The second-order valence-electron chi connectivity index (χ2n) is 8.24. The molecule has 2 aromatic heterocycles. The molecule has 2 unspecified atom stereocenters. The number of benzene rings is 2. The number of nitrogens with zero attached hydrogens (tertiary/aromatic N) is 2. The first-order chi connectivity index (χ1) is 17.5. The van der Waals surface area contributed by atoms with Crippen molar-refractivity contribution in [2.75, 3.05) is 11.7 Å². The van der Waals surface area contributed by atoms with Crippen LogP contribution < -0.4 is 19.7 Å². The number of hydrogen-bond acceptors (Lipinski definition) is 6. The Balaban J connectivity index is 1.45. The van der Waals surface area contributed by atoms with Crippen LogP contribution in [0.3, 0.4) is 0 Å². The standard InChI is InChI=1S/C26H18ClN3O5S/c27-17-6-4-14(25(31)32)11-16(17)19-8-9-21(35-19)24-23(18-3-1-2-10-28-18)29-26(36)30(24)15-5-7-20-22(12-15)34-13-33-20/h1-12,23-24H,13H2,(H,29,36)(H,31,32). The van der Waals surface area contributed by atoms with Crippen molar-refractivity contribution in [2.45, 2.75) is 12.1 Å². The van der Waals surface area contributed by atoms with Crippen molar-refractivity contribution in [2.24, 2.45) is 0 Å². The SMILES string of the molecule is O=C(O)c1ccc(Cl)c(-c2ccc(C3C(c4ccccn4)NC(=S)N3c3ccc4c(c3)OCO4)o2)c1. The molecule has 0 radical (unpaired) electrons. The Morgan fingerprint density at radius 2 is 1.94 bits per heavy atom. The number of pyridine rings is 1. The minimum atomic E-state index is -1.05. The number of carboxylic acid groups (broad SMARTS) is 1. The molecule has 0 amide bonds. The normalized spacial score (nSPS) is 18.4. The summed E-state index contributed by atoms with van der Waals surface area (Å²) in [4.78, 5) is 18.0. The van der Waals surface area contributed by atoms with E-state index in [0.29, 0.717) is 38.7 Å². The minimum absolute atomic E-state index is 0.115. The van der Waals surface area contributed by atoms with Gasteiger partial charge in [-0.15, -0.1) is 0 Å². The number of aromatic carboxylic acids is 1. The number of rotatable bonds is 5. The van der Waals surface area contributed by atoms with E-state index in [0.717, 1.165) is 11.4 Å². The van der Waals surface area contributed by atoms with Crippen molar-refractivity contribution in [3.63, 3.8) is 0 Å². The Kier molecular flexibility index (Phi) is 5.50. The lowest BCUT2D eigenvalue weighted by Gasteiger charge is -2.26. The molecule has 0 saturated carbocycles. The van der Waals surface area contributed by atoms with Crippen LogP contribution in [-0.2, 0) is 0 Å². The number of furan rings is 1. The molecule has 6 rings (SSSR count). The topological polar surface area (TPSA) is 97.1 Å². The molecule has 4 aromatic rings. The Morgan fingerprint density at radius 1 is 1.08 bits per heavy atom. The zero-order chi connectivity index (χ0) is 24.8. The maximum Gasteiger partial charge on any atom is 0.335 e. The van der Waals surface area contributed by atoms with Gasteiger partial charge < -0.3 is 29.2 Å². The fraction of sp³-hybridized carbons (Fsp3) is 0.115. The summed E-state index contributed by atoms with van der Waals surface area (Å²) in [5.74, 6) is 1.30. The van der Waals surface area contributed by atoms with E-state index in [1.807, 2.05) is 47.4 Å². The fourth-order valence-electron chi connectivity index (χ4n) is 4.46. The summed E-state index contributed by atoms with van der Waals surface area (Å²) in [6.45, 7) is 0.166. The number of fused-ring (bicyclic) bond motifs is 1. The van der Waals surface area contributed by atoms with E-state index in [1.165, 1.54) is 12.1 Å². The Morgan fingerprint density at radius 3 is 2.75 bits per heavy atom. The maximum absolute atomic E-state index is 11.5. The van der Waals surface area contributed by atoms with Crippen molar-refractivity contribution in [3.05, 3.63) is 95.0 Å². The third-order valence-electron chi connectivity index (χ3n) is 6.13. The fourth-order valence-corrected chi connectivity index (χ4v) is 5.02. The second kappa shape index (κ2) is 8.85. The van der Waals surface area contributed by atoms with Gasteiger partial charge in [-0.1, -0.05) is 17.7 Å². The van der Waals surface area contributed by atoms with Gasteiger partial charge in [-0.25, -0.2) is 4.79 Å². The van der Waals surface area contributed by atoms with Crippen molar-refractivity contribution >= 4 is 40.6 Å². The van der Waals surface area contributed by atoms with Gasteiger partial charge in [0.2, 0.25) is 6.79 Å². The number of ether oxygens (including phenoxy) is 2. The number of halogens is 1. The van der Waals surface area contributed by atoms with Crippen LogP contribution in [0, 0.1) is 0 Å². The molecule has 2 aromatic carbocycles. The van der Waals surface area contributed by atoms with Gasteiger partial charge in [-0.2, -0.15) is 0 Å². The largest absolute Gasteiger partial charge is 0.478 e. The summed E-state index contributed by atoms with van der Waals surface area (Å²) < 4.78 is 17.4. The summed E-state index contributed by atoms with van der Waals surface area (Å²) in [5, 5.41) is 13.7. The quantitative estimate of drug-likeness (QED) is 0.326. The van der Waals surface area contributed by atoms with Crippen molar-refractivity contribution < 1.29 is 23.8 Å². The second-order valence-corrected chi connectivity index (χ2v) is 9.03. The third-order valence-corrected chi connectivity index (χ3v) is 6.77. The zero-order valence-electron chi connectivity index (χ0n) is 18.6. The van der Waals surface area contributed by atoms with E-state index in [4.69, 9.17) is 37.7 Å². The summed E-state index contributed by atoms with van der Waals surface area (Å²) >= 11 is 12.2. The highest BCUT2D eigenvalue weighted by Gasteiger charge is 2.43. The number of aromatic nitrogens is 1. The van der Waals surface area contributed by atoms with Crippen molar-refractivity contribution in [1.29, 1.82) is 0 Å². The lowest BCUT2D eigenvalue weighted by Crippen LogP contribution is -2.29. The predicted molar refractivity (Wildman–Crippen MR) is 137 cm³/mol. The number of carbonyl (C=O) groups is 1. The van der Waals surface area contributed by atoms with Crippen LogP contribution in [0.5, 0.6) is 11.5 Å². The highest BCUT2D eigenvalue weighted by molar-refractivity contribution is 7.80. The summed E-state index contributed by atoms with van der Waals surface area (Å²) in [6, 6.07) is 18.7. The molecule has 2 aliphatic heterocycles. The van der Waals surface area contributed by atoms with Crippen LogP contribution >= 0.6 is 23.8 Å². The molecule has 2 atom stereocenters. The molecule has 0 spiro atoms. The Bertz CT molecular complexity index is 1490. The maximum atomic E-state index is 11.5. The first-order valence-corrected chi connectivity index (χ1v) is 11.8. The number of anilines is 1. The highest BCUT2D eigenvalue weighted by Crippen LogP contribution is 2.45. The van der Waals surface area contributed by atoms with Crippen LogP contribution in [0.15, 0.2) is 77.3 Å². The minimum Gasteiger partial charge on any atom is -0.478 e. The van der Waals surface area contributed by atoms with E-state index >= 15 is 0 Å². The van der Waals surface area contributed by atoms with Crippen LogP contribution in [0.4, 0.5) is 5.69 Å². The predicted octanol–water partition coefficient (Wildman–Crippen LogP) is 5.60. The zero-order valence-corrected chi connectivity index (χ0v) is 20.1. The molecular weight excluding hydrogens is 502 g/mol. The van der Waals surface area contributed by atoms with Gasteiger partial charge in [0.15, 0.2) is 16.6 Å². The van der Waals surface area contributed by atoms with Gasteiger partial charge in [0.25, 0.3) is 0 Å². The van der Waals surface area contributed by atoms with E-state index in [2.05, 4.69) is 10.3 Å². The average Bonchev–Trinajstić information content (AvgIpc) is 3.62. The molecule has 2 aliphatic rings. The molecule has 10 heteroatoms. The lowest BCUT2D eigenvalue weighted by atomic mass is 10.0. The smallest absolute Gasteiger partial charge is 0.335 e. The first-order valence-electron chi connectivity index (χ1n) is 11.0. The number of thiocarbonyl (C=S) groups is 1. The third kappa shape index (κ3) is 3.82. The summed E-state index contributed by atoms with van der Waals surface area (Å²) in [7, 11) is 0. The van der Waals surface area contributed by atoms with Crippen LogP contribution in [0.2, 0.25) is 5.02 Å². The van der Waals surface area contributed by atoms with E-state index < -0.39 is 12.0 Å². The van der Waals surface area contributed by atoms with E-state index in [9.17, 15) is 9.90 Å². The van der Waals surface area contributed by atoms with E-state index in [-0.39, 0.29) is 18.4 Å².